The second kappa shape index (κ2) is 7.54. The van der Waals surface area contributed by atoms with Gasteiger partial charge in [-0.05, 0) is 30.2 Å². The number of aliphatic hydroxyl groups is 1. The first-order valence-corrected chi connectivity index (χ1v) is 9.84. The summed E-state index contributed by atoms with van der Waals surface area (Å²) in [5, 5.41) is 15.6. The van der Waals surface area contributed by atoms with Crippen molar-refractivity contribution in [2.45, 2.75) is 13.2 Å². The second-order valence-electron chi connectivity index (χ2n) is 7.16. The van der Waals surface area contributed by atoms with E-state index < -0.39 is 6.23 Å². The maximum atomic E-state index is 10.1. The molecule has 0 radical (unpaired) electrons. The van der Waals surface area contributed by atoms with Gasteiger partial charge in [-0.25, -0.2) is 9.67 Å². The van der Waals surface area contributed by atoms with Crippen molar-refractivity contribution in [2.75, 3.05) is 0 Å². The summed E-state index contributed by atoms with van der Waals surface area (Å²) in [6, 6.07) is 24.4. The van der Waals surface area contributed by atoms with Gasteiger partial charge in [-0.1, -0.05) is 60.7 Å². The van der Waals surface area contributed by atoms with E-state index in [2.05, 4.69) is 34.3 Å². The Morgan fingerprint density at radius 3 is 2.00 bits per heavy atom. The maximum Gasteiger partial charge on any atom is 0.182 e. The van der Waals surface area contributed by atoms with Gasteiger partial charge in [0.05, 0.1) is 5.69 Å². The van der Waals surface area contributed by atoms with Crippen molar-refractivity contribution in [3.8, 4) is 33.5 Å². The van der Waals surface area contributed by atoms with Gasteiger partial charge in [-0.3, -0.25) is 4.98 Å². The molecule has 5 rings (SSSR count). The molecule has 0 saturated heterocycles. The van der Waals surface area contributed by atoms with Crippen LogP contribution in [0.5, 0.6) is 0 Å². The molecule has 1 atom stereocenters. The lowest BCUT2D eigenvalue weighted by Crippen LogP contribution is -2.03. The van der Waals surface area contributed by atoms with Gasteiger partial charge in [0, 0.05) is 40.7 Å². The molecule has 0 spiro atoms. The fourth-order valence-corrected chi connectivity index (χ4v) is 3.76. The number of hydrogen-bond acceptors (Lipinski definition) is 4. The van der Waals surface area contributed by atoms with E-state index in [-0.39, 0.29) is 0 Å². The van der Waals surface area contributed by atoms with Crippen molar-refractivity contribution in [2.24, 2.45) is 0 Å². The zero-order valence-electron chi connectivity index (χ0n) is 16.5. The summed E-state index contributed by atoms with van der Waals surface area (Å²) in [6.07, 6.45) is 4.71. The minimum absolute atomic E-state index is 0.603. The van der Waals surface area contributed by atoms with Crippen molar-refractivity contribution in [3.05, 3.63) is 91.4 Å². The van der Waals surface area contributed by atoms with Crippen LogP contribution in [-0.2, 0) is 0 Å². The first-order chi connectivity index (χ1) is 14.7. The second-order valence-corrected chi connectivity index (χ2v) is 7.16. The van der Waals surface area contributed by atoms with E-state index in [0.29, 0.717) is 5.65 Å². The number of aliphatic hydroxyl groups excluding tert-OH is 1. The van der Waals surface area contributed by atoms with E-state index in [1.807, 2.05) is 54.7 Å². The Bertz CT molecular complexity index is 1300. The number of benzene rings is 2. The average Bonchev–Trinajstić information content (AvgIpc) is 3.24. The summed E-state index contributed by atoms with van der Waals surface area (Å²) in [4.78, 5) is 9.14. The van der Waals surface area contributed by atoms with Crippen LogP contribution in [0.3, 0.4) is 0 Å². The lowest BCUT2D eigenvalue weighted by Gasteiger charge is -2.16. The Kier molecular flexibility index (Phi) is 4.58. The topological polar surface area (TPSA) is 63.8 Å². The van der Waals surface area contributed by atoms with E-state index >= 15 is 0 Å². The lowest BCUT2D eigenvalue weighted by atomic mass is 9.90. The molecule has 0 amide bonds. The first kappa shape index (κ1) is 18.2. The number of rotatable bonds is 4. The van der Waals surface area contributed by atoms with Crippen LogP contribution in [0.4, 0.5) is 0 Å². The lowest BCUT2D eigenvalue weighted by molar-refractivity contribution is 0.111. The van der Waals surface area contributed by atoms with Gasteiger partial charge in [-0.15, -0.1) is 5.10 Å². The van der Waals surface area contributed by atoms with Gasteiger partial charge >= 0.3 is 0 Å². The highest BCUT2D eigenvalue weighted by atomic mass is 16.3. The van der Waals surface area contributed by atoms with Crippen molar-refractivity contribution in [1.29, 1.82) is 0 Å². The smallest absolute Gasteiger partial charge is 0.182 e. The van der Waals surface area contributed by atoms with Gasteiger partial charge in [-0.2, -0.15) is 0 Å². The molecule has 0 bridgehead atoms. The predicted molar refractivity (Wildman–Crippen MR) is 119 cm³/mol. The minimum Gasteiger partial charge on any atom is -0.372 e. The Morgan fingerprint density at radius 1 is 0.767 bits per heavy atom. The number of hydrogen-bond donors (Lipinski definition) is 1. The fourth-order valence-electron chi connectivity index (χ4n) is 3.76. The van der Waals surface area contributed by atoms with Crippen LogP contribution in [0.15, 0.2) is 91.4 Å². The highest BCUT2D eigenvalue weighted by molar-refractivity contribution is 6.05. The quantitative estimate of drug-likeness (QED) is 0.448. The molecular weight excluding hydrogens is 372 g/mol. The van der Waals surface area contributed by atoms with E-state index in [1.165, 1.54) is 0 Å². The summed E-state index contributed by atoms with van der Waals surface area (Å²) in [6.45, 7) is 1.69. The molecule has 0 saturated carbocycles. The minimum atomic E-state index is -0.743. The highest BCUT2D eigenvalue weighted by Crippen LogP contribution is 2.42. The standard InChI is InChI=1S/C25H20N4O/c1-17(30)29-16-21-22(18-8-4-2-5-9-18)23(19-12-14-26-15-13-19)24(27-25(21)28-29)20-10-6-3-7-11-20/h2-17,30H,1H3. The van der Waals surface area contributed by atoms with Crippen LogP contribution in [0.2, 0.25) is 0 Å². The van der Waals surface area contributed by atoms with Crippen LogP contribution in [0.1, 0.15) is 13.2 Å². The largest absolute Gasteiger partial charge is 0.372 e. The van der Waals surface area contributed by atoms with Crippen LogP contribution in [0.25, 0.3) is 44.5 Å². The molecule has 3 aromatic heterocycles. The molecule has 30 heavy (non-hydrogen) atoms. The van der Waals surface area contributed by atoms with Crippen molar-refractivity contribution in [1.82, 2.24) is 19.7 Å². The Labute approximate surface area is 174 Å². The van der Waals surface area contributed by atoms with Gasteiger partial charge < -0.3 is 5.11 Å². The summed E-state index contributed by atoms with van der Waals surface area (Å²) < 4.78 is 1.55. The van der Waals surface area contributed by atoms with Crippen molar-refractivity contribution >= 4 is 11.0 Å². The fraction of sp³-hybridized carbons (Fsp3) is 0.0800. The normalized spacial score (nSPS) is 12.2. The molecule has 1 unspecified atom stereocenters. The van der Waals surface area contributed by atoms with Gasteiger partial charge in [0.15, 0.2) is 5.65 Å². The van der Waals surface area contributed by atoms with Crippen LogP contribution >= 0.6 is 0 Å². The molecule has 5 aromatic rings. The van der Waals surface area contributed by atoms with E-state index in [0.717, 1.165) is 38.9 Å². The third-order valence-electron chi connectivity index (χ3n) is 5.15. The molecule has 146 valence electrons. The van der Waals surface area contributed by atoms with Gasteiger partial charge in [0.25, 0.3) is 0 Å². The van der Waals surface area contributed by atoms with Crippen LogP contribution in [0, 0.1) is 0 Å². The van der Waals surface area contributed by atoms with Crippen LogP contribution < -0.4 is 0 Å². The third-order valence-corrected chi connectivity index (χ3v) is 5.15. The molecule has 1 N–H and O–H groups in total. The molecule has 0 aliphatic carbocycles. The Morgan fingerprint density at radius 2 is 1.37 bits per heavy atom. The van der Waals surface area contributed by atoms with E-state index in [9.17, 15) is 5.11 Å². The average molecular weight is 392 g/mol. The molecule has 0 aliphatic rings. The van der Waals surface area contributed by atoms with E-state index in [4.69, 9.17) is 4.98 Å². The molecular formula is C25H20N4O. The summed E-state index contributed by atoms with van der Waals surface area (Å²) in [5.74, 6) is 0. The number of pyridine rings is 2. The third kappa shape index (κ3) is 3.15. The molecule has 3 heterocycles. The van der Waals surface area contributed by atoms with Crippen molar-refractivity contribution in [3.63, 3.8) is 0 Å². The number of aromatic nitrogens is 4. The highest BCUT2D eigenvalue weighted by Gasteiger charge is 2.21. The molecule has 0 aliphatic heterocycles. The summed E-state index contributed by atoms with van der Waals surface area (Å²) >= 11 is 0. The predicted octanol–water partition coefficient (Wildman–Crippen LogP) is 5.34. The SMILES string of the molecule is CC(O)n1cc2c(-c3ccccc3)c(-c3ccncc3)c(-c3ccccc3)nc2n1. The van der Waals surface area contributed by atoms with Gasteiger partial charge in [0.1, 0.15) is 6.23 Å². The molecule has 5 nitrogen and oxygen atoms in total. The zero-order valence-corrected chi connectivity index (χ0v) is 16.5. The maximum absolute atomic E-state index is 10.1. The van der Waals surface area contributed by atoms with Gasteiger partial charge in [0.2, 0.25) is 0 Å². The zero-order chi connectivity index (χ0) is 20.5. The monoisotopic (exact) mass is 392 g/mol. The number of nitrogens with zero attached hydrogens (tertiary/aromatic N) is 4. The van der Waals surface area contributed by atoms with Crippen LogP contribution in [-0.4, -0.2) is 24.9 Å². The molecule has 2 aromatic carbocycles. The Balaban J connectivity index is 1.96. The Hall–Kier alpha value is -3.83. The summed E-state index contributed by atoms with van der Waals surface area (Å²) in [7, 11) is 0. The summed E-state index contributed by atoms with van der Waals surface area (Å²) in [5.41, 5.74) is 6.62. The first-order valence-electron chi connectivity index (χ1n) is 9.84. The van der Waals surface area contributed by atoms with E-state index in [1.54, 1.807) is 24.0 Å². The van der Waals surface area contributed by atoms with Crippen molar-refractivity contribution < 1.29 is 5.11 Å². The number of fused-ring (bicyclic) bond motifs is 1. The molecule has 0 fully saturated rings. The molecule has 5 heteroatoms.